The first-order chi connectivity index (χ1) is 7.16. The van der Waals surface area contributed by atoms with E-state index in [0.29, 0.717) is 6.42 Å². The average Bonchev–Trinajstić information content (AvgIpc) is 2.12. The Morgan fingerprint density at radius 1 is 1.38 bits per heavy atom. The second kappa shape index (κ2) is 6.17. The molecule has 0 aliphatic heterocycles. The van der Waals surface area contributed by atoms with Crippen LogP contribution in [0.25, 0.3) is 0 Å². The number of carboxylic acid groups (broad SMARTS) is 1. The zero-order valence-corrected chi connectivity index (χ0v) is 10.9. The summed E-state index contributed by atoms with van der Waals surface area (Å²) in [7, 11) is 0.00522. The van der Waals surface area contributed by atoms with E-state index >= 15 is 0 Å². The van der Waals surface area contributed by atoms with Gasteiger partial charge in [-0.3, -0.25) is 4.79 Å². The number of hydrogen-bond donors (Lipinski definition) is 2. The van der Waals surface area contributed by atoms with Crippen molar-refractivity contribution in [3.8, 4) is 0 Å². The quantitative estimate of drug-likeness (QED) is 0.650. The van der Waals surface area contributed by atoms with E-state index in [4.69, 9.17) is 5.11 Å². The molecule has 6 nitrogen and oxygen atoms in total. The molecule has 16 heavy (non-hydrogen) atoms. The van der Waals surface area contributed by atoms with Crippen LogP contribution in [-0.2, 0) is 14.8 Å². The minimum Gasteiger partial charge on any atom is -0.480 e. The molecule has 0 aromatic carbocycles. The molecule has 0 amide bonds. The minimum absolute atomic E-state index is 0.269. The van der Waals surface area contributed by atoms with Gasteiger partial charge in [0, 0.05) is 6.04 Å². The lowest BCUT2D eigenvalue weighted by molar-refractivity contribution is -0.136. The molecule has 0 aromatic rings. The van der Waals surface area contributed by atoms with Crippen LogP contribution in [0.2, 0.25) is 0 Å². The average molecular weight is 252 g/mol. The molecule has 0 saturated heterocycles. The molecule has 0 heterocycles. The number of carboxylic acids is 1. The van der Waals surface area contributed by atoms with Crippen LogP contribution in [0.5, 0.6) is 0 Å². The first-order valence-corrected chi connectivity index (χ1v) is 6.60. The molecule has 0 spiro atoms. The van der Waals surface area contributed by atoms with Crippen LogP contribution in [0.3, 0.4) is 0 Å². The first-order valence-electron chi connectivity index (χ1n) is 5.05. The topological polar surface area (TPSA) is 86.7 Å². The standard InChI is InChI=1S/C9H20N2O4S/c1-7(5-6-11(3)4)10-16(14,15)8(2)9(12)13/h7-8,10H,5-6H2,1-4H3,(H,12,13). The van der Waals surface area contributed by atoms with Crippen molar-refractivity contribution in [2.45, 2.75) is 31.6 Å². The maximum absolute atomic E-state index is 11.5. The molecule has 2 atom stereocenters. The highest BCUT2D eigenvalue weighted by Crippen LogP contribution is 2.02. The third-order valence-electron chi connectivity index (χ3n) is 2.19. The van der Waals surface area contributed by atoms with E-state index in [1.807, 2.05) is 19.0 Å². The summed E-state index contributed by atoms with van der Waals surface area (Å²) in [5, 5.41) is 7.20. The lowest BCUT2D eigenvalue weighted by Crippen LogP contribution is -2.42. The molecule has 0 aromatic heterocycles. The highest BCUT2D eigenvalue weighted by Gasteiger charge is 2.28. The van der Waals surface area contributed by atoms with Crippen LogP contribution in [0.1, 0.15) is 20.3 Å². The van der Waals surface area contributed by atoms with E-state index in [0.717, 1.165) is 13.5 Å². The lowest BCUT2D eigenvalue weighted by atomic mass is 10.2. The molecule has 0 bridgehead atoms. The van der Waals surface area contributed by atoms with Gasteiger partial charge in [0.25, 0.3) is 0 Å². The number of sulfonamides is 1. The van der Waals surface area contributed by atoms with Crippen LogP contribution in [0.15, 0.2) is 0 Å². The van der Waals surface area contributed by atoms with Gasteiger partial charge in [0.05, 0.1) is 0 Å². The van der Waals surface area contributed by atoms with E-state index in [9.17, 15) is 13.2 Å². The maximum atomic E-state index is 11.5. The highest BCUT2D eigenvalue weighted by atomic mass is 32.2. The Bertz CT molecular complexity index is 326. The summed E-state index contributed by atoms with van der Waals surface area (Å²) in [4.78, 5) is 12.5. The number of nitrogens with one attached hydrogen (secondary N) is 1. The van der Waals surface area contributed by atoms with Crippen LogP contribution in [0.4, 0.5) is 0 Å². The van der Waals surface area contributed by atoms with Gasteiger partial charge in [-0.1, -0.05) is 0 Å². The monoisotopic (exact) mass is 252 g/mol. The zero-order valence-electron chi connectivity index (χ0n) is 10.1. The predicted molar refractivity (Wildman–Crippen MR) is 61.8 cm³/mol. The van der Waals surface area contributed by atoms with Gasteiger partial charge in [-0.15, -0.1) is 0 Å². The van der Waals surface area contributed by atoms with Gasteiger partial charge < -0.3 is 10.0 Å². The van der Waals surface area contributed by atoms with Crippen molar-refractivity contribution in [2.75, 3.05) is 20.6 Å². The van der Waals surface area contributed by atoms with E-state index < -0.39 is 21.2 Å². The summed E-state index contributed by atoms with van der Waals surface area (Å²) < 4.78 is 25.4. The fraction of sp³-hybridized carbons (Fsp3) is 0.889. The van der Waals surface area contributed by atoms with Crippen LogP contribution in [0, 0.1) is 0 Å². The largest absolute Gasteiger partial charge is 0.480 e. The Balaban J connectivity index is 4.32. The van der Waals surface area contributed by atoms with E-state index in [-0.39, 0.29) is 6.04 Å². The van der Waals surface area contributed by atoms with Crippen molar-refractivity contribution >= 4 is 16.0 Å². The number of carbonyl (C=O) groups is 1. The van der Waals surface area contributed by atoms with Gasteiger partial charge in [0.15, 0.2) is 5.25 Å². The zero-order chi connectivity index (χ0) is 12.9. The summed E-state index contributed by atoms with van der Waals surface area (Å²) >= 11 is 0. The van der Waals surface area contributed by atoms with Gasteiger partial charge in [0.1, 0.15) is 0 Å². The number of hydrogen-bond acceptors (Lipinski definition) is 4. The third kappa shape index (κ3) is 5.43. The number of nitrogens with zero attached hydrogens (tertiary/aromatic N) is 1. The molecule has 0 fully saturated rings. The Hall–Kier alpha value is -0.660. The Morgan fingerprint density at radius 2 is 1.88 bits per heavy atom. The van der Waals surface area contributed by atoms with Crippen molar-refractivity contribution < 1.29 is 18.3 Å². The molecule has 7 heteroatoms. The molecule has 2 unspecified atom stereocenters. The predicted octanol–water partition coefficient (Wildman–Crippen LogP) is -0.281. The summed E-state index contributed by atoms with van der Waals surface area (Å²) in [6, 6.07) is -0.269. The Kier molecular flexibility index (Phi) is 5.91. The molecule has 0 rings (SSSR count). The molecule has 0 saturated carbocycles. The van der Waals surface area contributed by atoms with E-state index in [1.165, 1.54) is 0 Å². The SMILES string of the molecule is CC(CCN(C)C)NS(=O)(=O)C(C)C(=O)O. The molecule has 0 aliphatic carbocycles. The van der Waals surface area contributed by atoms with Gasteiger partial charge >= 0.3 is 5.97 Å². The molecular weight excluding hydrogens is 232 g/mol. The third-order valence-corrected chi connectivity index (χ3v) is 4.05. The second-order valence-corrected chi connectivity index (χ2v) is 6.17. The highest BCUT2D eigenvalue weighted by molar-refractivity contribution is 7.90. The summed E-state index contributed by atoms with van der Waals surface area (Å²) in [5.74, 6) is -1.34. The van der Waals surface area contributed by atoms with Crippen molar-refractivity contribution in [1.82, 2.24) is 9.62 Å². The first kappa shape index (κ1) is 15.3. The van der Waals surface area contributed by atoms with E-state index in [1.54, 1.807) is 6.92 Å². The second-order valence-electron chi connectivity index (χ2n) is 4.14. The van der Waals surface area contributed by atoms with Gasteiger partial charge in [-0.25, -0.2) is 13.1 Å². The van der Waals surface area contributed by atoms with Crippen molar-refractivity contribution in [3.05, 3.63) is 0 Å². The molecule has 2 N–H and O–H groups in total. The number of aliphatic carboxylic acids is 1. The van der Waals surface area contributed by atoms with Crippen molar-refractivity contribution in [1.29, 1.82) is 0 Å². The van der Waals surface area contributed by atoms with Crippen LogP contribution in [-0.4, -0.2) is 56.3 Å². The summed E-state index contributed by atoms with van der Waals surface area (Å²) in [6.07, 6.45) is 0.637. The normalized spacial score (nSPS) is 16.1. The maximum Gasteiger partial charge on any atom is 0.323 e. The smallest absolute Gasteiger partial charge is 0.323 e. The lowest BCUT2D eigenvalue weighted by Gasteiger charge is -2.18. The fourth-order valence-corrected chi connectivity index (χ4v) is 2.17. The summed E-state index contributed by atoms with van der Waals surface area (Å²) in [6.45, 7) is 3.62. The van der Waals surface area contributed by atoms with Crippen molar-refractivity contribution in [3.63, 3.8) is 0 Å². The van der Waals surface area contributed by atoms with Crippen LogP contribution >= 0.6 is 0 Å². The van der Waals surface area contributed by atoms with Gasteiger partial charge in [-0.05, 0) is 40.9 Å². The van der Waals surface area contributed by atoms with Gasteiger partial charge in [0.2, 0.25) is 10.0 Å². The Labute approximate surface area is 96.7 Å². The Morgan fingerprint density at radius 3 is 2.25 bits per heavy atom. The molecule has 0 aliphatic rings. The number of rotatable bonds is 7. The fourth-order valence-electron chi connectivity index (χ4n) is 1.03. The minimum atomic E-state index is -3.77. The van der Waals surface area contributed by atoms with E-state index in [2.05, 4.69) is 4.72 Å². The molecule has 0 radical (unpaired) electrons. The van der Waals surface area contributed by atoms with Crippen molar-refractivity contribution in [2.24, 2.45) is 0 Å². The van der Waals surface area contributed by atoms with Gasteiger partial charge in [-0.2, -0.15) is 0 Å². The summed E-state index contributed by atoms with van der Waals surface area (Å²) in [5.41, 5.74) is 0. The molecular formula is C9H20N2O4S. The molecule has 96 valence electrons. The van der Waals surface area contributed by atoms with Crippen LogP contribution < -0.4 is 4.72 Å².